The van der Waals surface area contributed by atoms with Gasteiger partial charge in [-0.1, -0.05) is 4.68 Å². The van der Waals surface area contributed by atoms with Crippen molar-refractivity contribution in [3.63, 3.8) is 0 Å². The standard InChI is InChI=1S/C9H11N5O4S/c1-13-7-10-9(12-13)8-2-3-14(11-6-8)4-5-18-19(15,16)17/h2-3,6-7H,4-5H2,1H3. The fraction of sp³-hybridized carbons (Fsp3) is 0.333. The molecule has 2 heterocycles. The van der Waals surface area contributed by atoms with E-state index in [-0.39, 0.29) is 13.2 Å². The first kappa shape index (κ1) is 13.5. The monoisotopic (exact) mass is 285 g/mol. The smallest absolute Gasteiger partial charge is 0.217 e. The van der Waals surface area contributed by atoms with E-state index < -0.39 is 10.4 Å². The molecule has 2 aromatic rings. The van der Waals surface area contributed by atoms with Crippen molar-refractivity contribution in [1.82, 2.24) is 19.9 Å². The topological polar surface area (TPSA) is 114 Å². The van der Waals surface area contributed by atoms with Crippen molar-refractivity contribution in [2.75, 3.05) is 6.61 Å². The maximum Gasteiger partial charge on any atom is 0.217 e. The highest BCUT2D eigenvalue weighted by molar-refractivity contribution is 7.80. The maximum absolute atomic E-state index is 10.2. The van der Waals surface area contributed by atoms with E-state index >= 15 is 0 Å². The summed E-state index contributed by atoms with van der Waals surface area (Å²) in [5.74, 6) is 0.542. The summed E-state index contributed by atoms with van der Waals surface area (Å²) in [5.41, 5.74) is 0.731. The molecule has 10 heteroatoms. The summed E-state index contributed by atoms with van der Waals surface area (Å²) in [7, 11) is -2.90. The predicted octanol–water partition coefficient (Wildman–Crippen LogP) is -1.36. The number of aryl methyl sites for hydroxylation is 1. The van der Waals surface area contributed by atoms with Crippen molar-refractivity contribution in [2.24, 2.45) is 7.05 Å². The van der Waals surface area contributed by atoms with Gasteiger partial charge in [0, 0.05) is 13.1 Å². The van der Waals surface area contributed by atoms with Crippen molar-refractivity contribution in [3.8, 4) is 11.4 Å². The summed E-state index contributed by atoms with van der Waals surface area (Å²) in [6.45, 7) is -0.109. The number of aromatic nitrogens is 5. The highest BCUT2D eigenvalue weighted by atomic mass is 32.3. The largest absolute Gasteiger partial charge is 0.726 e. The predicted molar refractivity (Wildman–Crippen MR) is 60.1 cm³/mol. The molecule has 0 aliphatic rings. The van der Waals surface area contributed by atoms with Gasteiger partial charge in [-0.05, 0) is 5.10 Å². The molecule has 0 amide bonds. The Hall–Kier alpha value is -1.91. The number of nitrogens with zero attached hydrogens (tertiary/aromatic N) is 5. The third-order valence-corrected chi connectivity index (χ3v) is 2.63. The van der Waals surface area contributed by atoms with Crippen LogP contribution < -0.4 is 4.68 Å². The average Bonchev–Trinajstić information content (AvgIpc) is 2.75. The zero-order chi connectivity index (χ0) is 13.9. The Bertz CT molecular complexity index is 652. The molecule has 19 heavy (non-hydrogen) atoms. The lowest BCUT2D eigenvalue weighted by atomic mass is 10.3. The highest BCUT2D eigenvalue weighted by Crippen LogP contribution is 2.09. The van der Waals surface area contributed by atoms with Crippen LogP contribution in [0.15, 0.2) is 24.8 Å². The molecule has 2 rings (SSSR count). The lowest BCUT2D eigenvalue weighted by molar-refractivity contribution is -0.754. The van der Waals surface area contributed by atoms with Crippen LogP contribution in [0.5, 0.6) is 0 Å². The van der Waals surface area contributed by atoms with Crippen LogP contribution in [0, 0.1) is 0 Å². The lowest BCUT2D eigenvalue weighted by Gasteiger charge is -2.04. The first-order valence-corrected chi connectivity index (χ1v) is 6.59. The Balaban J connectivity index is 1.99. The maximum atomic E-state index is 10.2. The van der Waals surface area contributed by atoms with E-state index in [1.807, 2.05) is 0 Å². The van der Waals surface area contributed by atoms with Gasteiger partial charge in [0.2, 0.25) is 10.4 Å². The summed E-state index contributed by atoms with van der Waals surface area (Å²) < 4.78 is 37.8. The van der Waals surface area contributed by atoms with Gasteiger partial charge >= 0.3 is 0 Å². The van der Waals surface area contributed by atoms with Gasteiger partial charge in [-0.2, -0.15) is 5.10 Å². The molecular formula is C9H11N5O4S. The minimum Gasteiger partial charge on any atom is -0.726 e. The normalized spacial score (nSPS) is 11.7. The molecule has 102 valence electrons. The Labute approximate surface area is 109 Å². The van der Waals surface area contributed by atoms with Crippen molar-refractivity contribution < 1.29 is 21.8 Å². The molecule has 9 nitrogen and oxygen atoms in total. The van der Waals surface area contributed by atoms with Gasteiger partial charge in [0.05, 0.1) is 5.56 Å². The molecule has 0 aliphatic carbocycles. The molecule has 2 aromatic heterocycles. The molecule has 0 saturated carbocycles. The van der Waals surface area contributed by atoms with Crippen LogP contribution in [0.25, 0.3) is 11.4 Å². The average molecular weight is 285 g/mol. The Morgan fingerprint density at radius 2 is 2.32 bits per heavy atom. The zero-order valence-electron chi connectivity index (χ0n) is 10.0. The summed E-state index contributed by atoms with van der Waals surface area (Å²) in [6, 6.07) is 1.73. The van der Waals surface area contributed by atoms with Crippen LogP contribution in [-0.2, 0) is 28.2 Å². The van der Waals surface area contributed by atoms with Crippen molar-refractivity contribution in [1.29, 1.82) is 0 Å². The van der Waals surface area contributed by atoms with Gasteiger partial charge in [0.15, 0.2) is 18.6 Å². The first-order valence-electron chi connectivity index (χ1n) is 5.26. The third kappa shape index (κ3) is 4.05. The van der Waals surface area contributed by atoms with E-state index in [0.717, 1.165) is 5.56 Å². The summed E-state index contributed by atoms with van der Waals surface area (Å²) in [6.07, 6.45) is 4.73. The molecule has 0 fully saturated rings. The van der Waals surface area contributed by atoms with Crippen LogP contribution in [0.3, 0.4) is 0 Å². The summed E-state index contributed by atoms with van der Waals surface area (Å²) >= 11 is 0. The van der Waals surface area contributed by atoms with Gasteiger partial charge in [-0.25, -0.2) is 13.4 Å². The fourth-order valence-electron chi connectivity index (χ4n) is 1.35. The van der Waals surface area contributed by atoms with Gasteiger partial charge in [0.1, 0.15) is 19.1 Å². The van der Waals surface area contributed by atoms with Gasteiger partial charge < -0.3 is 4.55 Å². The molecule has 0 N–H and O–H groups in total. The second kappa shape index (κ2) is 5.38. The minimum atomic E-state index is -4.66. The van der Waals surface area contributed by atoms with E-state index in [1.165, 1.54) is 4.68 Å². The van der Waals surface area contributed by atoms with Gasteiger partial charge in [-0.15, -0.1) is 0 Å². The van der Waals surface area contributed by atoms with Crippen molar-refractivity contribution in [3.05, 3.63) is 24.8 Å². The van der Waals surface area contributed by atoms with Crippen LogP contribution in [0.2, 0.25) is 0 Å². The second-order valence-electron chi connectivity index (χ2n) is 3.65. The van der Waals surface area contributed by atoms with E-state index in [9.17, 15) is 13.0 Å². The minimum absolute atomic E-state index is 0.150. The summed E-state index contributed by atoms with van der Waals surface area (Å²) in [4.78, 5) is 4.07. The molecule has 0 aliphatic heterocycles. The number of hydrogen-bond acceptors (Lipinski definition) is 7. The molecular weight excluding hydrogens is 274 g/mol. The fourth-order valence-corrected chi connectivity index (χ4v) is 1.63. The molecule has 0 spiro atoms. The molecule has 0 aromatic carbocycles. The zero-order valence-corrected chi connectivity index (χ0v) is 10.8. The Morgan fingerprint density at radius 3 is 2.84 bits per heavy atom. The first-order chi connectivity index (χ1) is 8.94. The van der Waals surface area contributed by atoms with E-state index in [1.54, 1.807) is 36.5 Å². The summed E-state index contributed by atoms with van der Waals surface area (Å²) in [5, 5.41) is 8.15. The van der Waals surface area contributed by atoms with Gasteiger partial charge in [0.25, 0.3) is 0 Å². The third-order valence-electron chi connectivity index (χ3n) is 2.18. The van der Waals surface area contributed by atoms with E-state index in [0.29, 0.717) is 5.82 Å². The Morgan fingerprint density at radius 1 is 1.53 bits per heavy atom. The molecule has 0 atom stereocenters. The van der Waals surface area contributed by atoms with E-state index in [2.05, 4.69) is 19.4 Å². The Kier molecular flexibility index (Phi) is 3.83. The van der Waals surface area contributed by atoms with Crippen LogP contribution in [-0.4, -0.2) is 39.4 Å². The molecule has 0 unspecified atom stereocenters. The van der Waals surface area contributed by atoms with Gasteiger partial charge in [-0.3, -0.25) is 8.86 Å². The highest BCUT2D eigenvalue weighted by Gasteiger charge is 2.08. The second-order valence-corrected chi connectivity index (χ2v) is 4.70. The van der Waals surface area contributed by atoms with Crippen LogP contribution in [0.4, 0.5) is 0 Å². The van der Waals surface area contributed by atoms with Crippen molar-refractivity contribution in [2.45, 2.75) is 6.54 Å². The molecule has 0 bridgehead atoms. The SMILES string of the molecule is Cn1cnc(-c2cc[n+](CCOS(=O)(=O)[O-])nc2)n1. The van der Waals surface area contributed by atoms with Crippen LogP contribution >= 0.6 is 0 Å². The lowest BCUT2D eigenvalue weighted by Crippen LogP contribution is -2.39. The molecule has 0 saturated heterocycles. The molecule has 0 radical (unpaired) electrons. The van der Waals surface area contributed by atoms with Crippen LogP contribution in [0.1, 0.15) is 0 Å². The van der Waals surface area contributed by atoms with E-state index in [4.69, 9.17) is 0 Å². The quantitative estimate of drug-likeness (QED) is 0.378. The van der Waals surface area contributed by atoms with Crippen molar-refractivity contribution >= 4 is 10.4 Å². The number of rotatable bonds is 5. The number of hydrogen-bond donors (Lipinski definition) is 0.